The van der Waals surface area contributed by atoms with E-state index in [9.17, 15) is 9.90 Å². The number of aliphatic hydroxyl groups excluding tert-OH is 1. The maximum atomic E-state index is 12.4. The minimum atomic E-state index is -0.388. The van der Waals surface area contributed by atoms with Gasteiger partial charge in [-0.15, -0.1) is 0 Å². The zero-order valence-corrected chi connectivity index (χ0v) is 13.4. The number of Topliss-reactive ketones (excluding diaryl/α,β-unsaturated/α-hetero) is 1. The van der Waals surface area contributed by atoms with Crippen molar-refractivity contribution in [3.63, 3.8) is 0 Å². The summed E-state index contributed by atoms with van der Waals surface area (Å²) in [5.41, 5.74) is 2.83. The average molecular weight is 325 g/mol. The van der Waals surface area contributed by atoms with Gasteiger partial charge in [0.2, 0.25) is 0 Å². The normalized spacial score (nSPS) is 28.1. The van der Waals surface area contributed by atoms with Crippen LogP contribution in [-0.2, 0) is 4.79 Å². The molecule has 1 fully saturated rings. The van der Waals surface area contributed by atoms with Crippen LogP contribution < -0.4 is 0 Å². The van der Waals surface area contributed by atoms with Crippen LogP contribution in [0.15, 0.2) is 23.8 Å². The summed E-state index contributed by atoms with van der Waals surface area (Å²) in [5.74, 6) is 0.587. The molecule has 1 N–H and O–H groups in total. The lowest BCUT2D eigenvalue weighted by atomic mass is 9.77. The number of aliphatic hydroxyl groups is 1. The van der Waals surface area contributed by atoms with E-state index in [0.29, 0.717) is 22.4 Å². The molecule has 2 bridgehead atoms. The maximum absolute atomic E-state index is 12.4. The number of carbonyl (C=O) groups excluding carboxylic acids is 1. The molecular weight excluding hydrogens is 307 g/mol. The molecule has 3 atom stereocenters. The molecule has 3 rings (SSSR count). The first kappa shape index (κ1) is 15.1. The summed E-state index contributed by atoms with van der Waals surface area (Å²) in [6.07, 6.45) is 2.63. The Morgan fingerprint density at radius 2 is 2.05 bits per heavy atom. The number of hydrogen-bond acceptors (Lipinski definition) is 2. The lowest BCUT2D eigenvalue weighted by molar-refractivity contribution is -0.116. The number of carbonyl (C=O) groups is 1. The Hall–Kier alpha value is -0.830. The van der Waals surface area contributed by atoms with Gasteiger partial charge in [0, 0.05) is 17.9 Å². The molecule has 0 aliphatic heterocycles. The molecular formula is C17H18Cl2O2. The van der Waals surface area contributed by atoms with Crippen molar-refractivity contribution in [2.45, 2.75) is 38.7 Å². The highest BCUT2D eigenvalue weighted by molar-refractivity contribution is 6.42. The summed E-state index contributed by atoms with van der Waals surface area (Å²) in [6.45, 7) is 1.87. The van der Waals surface area contributed by atoms with E-state index in [1.165, 1.54) is 0 Å². The van der Waals surface area contributed by atoms with Gasteiger partial charge in [0.15, 0.2) is 5.78 Å². The molecule has 2 aliphatic carbocycles. The van der Waals surface area contributed by atoms with Crippen LogP contribution in [-0.4, -0.2) is 17.0 Å². The molecule has 0 spiro atoms. The van der Waals surface area contributed by atoms with Crippen LogP contribution >= 0.6 is 23.2 Å². The molecule has 2 aliphatic rings. The number of allylic oxidation sites excluding steroid dienone is 1. The van der Waals surface area contributed by atoms with Gasteiger partial charge in [-0.2, -0.15) is 0 Å². The fourth-order valence-electron chi connectivity index (χ4n) is 3.74. The van der Waals surface area contributed by atoms with Gasteiger partial charge in [0.1, 0.15) is 0 Å². The van der Waals surface area contributed by atoms with E-state index in [2.05, 4.69) is 0 Å². The van der Waals surface area contributed by atoms with Crippen LogP contribution in [0, 0.1) is 11.8 Å². The highest BCUT2D eigenvalue weighted by Gasteiger charge is 2.42. The van der Waals surface area contributed by atoms with Crippen LogP contribution in [0.1, 0.15) is 38.2 Å². The van der Waals surface area contributed by atoms with Gasteiger partial charge < -0.3 is 5.11 Å². The first-order valence-electron chi connectivity index (χ1n) is 7.41. The summed E-state index contributed by atoms with van der Waals surface area (Å²) >= 11 is 12.1. The number of rotatable bonds is 3. The van der Waals surface area contributed by atoms with E-state index in [-0.39, 0.29) is 17.8 Å². The van der Waals surface area contributed by atoms with Gasteiger partial charge >= 0.3 is 0 Å². The molecule has 4 heteroatoms. The predicted octanol–water partition coefficient (Wildman–Crippen LogP) is 4.52. The third-order valence-electron chi connectivity index (χ3n) is 4.70. The molecule has 0 radical (unpaired) electrons. The molecule has 112 valence electrons. The molecule has 0 heterocycles. The van der Waals surface area contributed by atoms with Gasteiger partial charge in [-0.25, -0.2) is 0 Å². The van der Waals surface area contributed by atoms with Crippen LogP contribution in [0.4, 0.5) is 0 Å². The van der Waals surface area contributed by atoms with Crippen molar-refractivity contribution < 1.29 is 9.90 Å². The quantitative estimate of drug-likeness (QED) is 0.887. The number of fused-ring (bicyclic) bond motifs is 2. The van der Waals surface area contributed by atoms with Crippen LogP contribution in [0.2, 0.25) is 10.0 Å². The molecule has 1 saturated carbocycles. The minimum Gasteiger partial charge on any atom is -0.392 e. The third-order valence-corrected chi connectivity index (χ3v) is 5.44. The van der Waals surface area contributed by atoms with Crippen molar-refractivity contribution in [2.24, 2.45) is 11.8 Å². The predicted molar refractivity (Wildman–Crippen MR) is 85.5 cm³/mol. The fourth-order valence-corrected chi connectivity index (χ4v) is 4.04. The highest BCUT2D eigenvalue weighted by atomic mass is 35.5. The lowest BCUT2D eigenvalue weighted by Crippen LogP contribution is -2.23. The second-order valence-corrected chi connectivity index (χ2v) is 6.83. The highest BCUT2D eigenvalue weighted by Crippen LogP contribution is 2.49. The first-order valence-corrected chi connectivity index (χ1v) is 8.16. The second kappa shape index (κ2) is 5.75. The van der Waals surface area contributed by atoms with E-state index in [0.717, 1.165) is 36.0 Å². The maximum Gasteiger partial charge on any atom is 0.159 e. The summed E-state index contributed by atoms with van der Waals surface area (Å²) in [4.78, 5) is 12.4. The largest absolute Gasteiger partial charge is 0.392 e. The number of ketones is 1. The Morgan fingerprint density at radius 1 is 1.29 bits per heavy atom. The van der Waals surface area contributed by atoms with E-state index in [1.807, 2.05) is 19.1 Å². The Labute approximate surface area is 134 Å². The van der Waals surface area contributed by atoms with E-state index < -0.39 is 0 Å². The van der Waals surface area contributed by atoms with Gasteiger partial charge in [-0.05, 0) is 48.4 Å². The average Bonchev–Trinajstić information content (AvgIpc) is 2.76. The topological polar surface area (TPSA) is 37.3 Å². The summed E-state index contributed by atoms with van der Waals surface area (Å²) < 4.78 is 0. The van der Waals surface area contributed by atoms with Crippen molar-refractivity contribution >= 4 is 34.6 Å². The van der Waals surface area contributed by atoms with Crippen molar-refractivity contribution in [1.82, 2.24) is 0 Å². The van der Waals surface area contributed by atoms with E-state index in [4.69, 9.17) is 23.2 Å². The molecule has 0 saturated heterocycles. The van der Waals surface area contributed by atoms with Crippen molar-refractivity contribution in [2.75, 3.05) is 0 Å². The van der Waals surface area contributed by atoms with Crippen LogP contribution in [0.5, 0.6) is 0 Å². The Bertz CT molecular complexity index is 621. The molecule has 0 amide bonds. The minimum absolute atomic E-state index is 0.0133. The zero-order chi connectivity index (χ0) is 15.1. The van der Waals surface area contributed by atoms with E-state index >= 15 is 0 Å². The van der Waals surface area contributed by atoms with Crippen molar-refractivity contribution in [3.8, 4) is 0 Å². The van der Waals surface area contributed by atoms with Gasteiger partial charge in [-0.1, -0.05) is 36.2 Å². The number of benzene rings is 1. The Kier molecular flexibility index (Phi) is 4.13. The fraction of sp³-hybridized carbons (Fsp3) is 0.471. The standard InChI is InChI=1S/C17H18Cl2O2/c1-2-15(20)17-11(5-9-6-12(17)16(21)7-9)10-3-4-13(18)14(19)8-10/h3-4,8-9,12,16,21H,2,5-7H2,1H3/t9?,12-,16?/m1/s1. The summed E-state index contributed by atoms with van der Waals surface area (Å²) in [5, 5.41) is 11.3. The molecule has 2 unspecified atom stereocenters. The van der Waals surface area contributed by atoms with Crippen molar-refractivity contribution in [1.29, 1.82) is 0 Å². The Balaban J connectivity index is 2.12. The van der Waals surface area contributed by atoms with Crippen LogP contribution in [0.25, 0.3) is 5.57 Å². The Morgan fingerprint density at radius 3 is 2.71 bits per heavy atom. The summed E-state index contributed by atoms with van der Waals surface area (Å²) in [6, 6.07) is 5.52. The molecule has 0 aromatic heterocycles. The monoisotopic (exact) mass is 324 g/mol. The SMILES string of the molecule is CCC(=O)C1=C(c2ccc(Cl)c(Cl)c2)CC2CC(O)[C@H]1C2. The van der Waals surface area contributed by atoms with Crippen molar-refractivity contribution in [3.05, 3.63) is 39.4 Å². The molecule has 1 aromatic rings. The van der Waals surface area contributed by atoms with Gasteiger partial charge in [0.05, 0.1) is 16.1 Å². The van der Waals surface area contributed by atoms with Crippen LogP contribution in [0.3, 0.4) is 0 Å². The molecule has 2 nitrogen and oxygen atoms in total. The summed E-state index contributed by atoms with van der Waals surface area (Å²) in [7, 11) is 0. The van der Waals surface area contributed by atoms with E-state index in [1.54, 1.807) is 6.07 Å². The molecule has 1 aromatic carbocycles. The second-order valence-electron chi connectivity index (χ2n) is 6.01. The number of hydrogen-bond donors (Lipinski definition) is 1. The third kappa shape index (κ3) is 2.65. The van der Waals surface area contributed by atoms with Gasteiger partial charge in [-0.3, -0.25) is 4.79 Å². The number of halogens is 2. The molecule has 21 heavy (non-hydrogen) atoms. The zero-order valence-electron chi connectivity index (χ0n) is 11.9. The lowest BCUT2D eigenvalue weighted by Gasteiger charge is -2.26. The first-order chi connectivity index (χ1) is 10.0. The smallest absolute Gasteiger partial charge is 0.159 e. The van der Waals surface area contributed by atoms with Gasteiger partial charge in [0.25, 0.3) is 0 Å².